The predicted molar refractivity (Wildman–Crippen MR) is 120 cm³/mol. The molecule has 1 aliphatic rings. The molecule has 0 amide bonds. The Morgan fingerprint density at radius 3 is 2.30 bits per heavy atom. The van der Waals surface area contributed by atoms with Crippen molar-refractivity contribution in [3.8, 4) is 11.8 Å². The van der Waals surface area contributed by atoms with Crippen molar-refractivity contribution < 1.29 is 13.5 Å². The van der Waals surface area contributed by atoms with Crippen molar-refractivity contribution >= 4 is 17.5 Å². The molecule has 1 aliphatic heterocycles. The molecular weight excluding hydrogens is 426 g/mol. The van der Waals surface area contributed by atoms with Crippen LogP contribution in [-0.4, -0.2) is 28.0 Å². The Balaban J connectivity index is 1.34. The van der Waals surface area contributed by atoms with E-state index in [9.17, 15) is 8.78 Å². The average Bonchev–Trinajstić information content (AvgIpc) is 2.84. The summed E-state index contributed by atoms with van der Waals surface area (Å²) < 4.78 is 34.0. The van der Waals surface area contributed by atoms with Crippen LogP contribution in [0, 0.1) is 42.7 Å². The van der Waals surface area contributed by atoms with Gasteiger partial charge in [0.25, 0.3) is 0 Å². The molecule has 0 atom stereocenters. The van der Waals surface area contributed by atoms with Crippen LogP contribution in [0.15, 0.2) is 36.8 Å². The minimum Gasteiger partial charge on any atom is -0.485 e. The highest BCUT2D eigenvalue weighted by molar-refractivity contribution is 5.55. The van der Waals surface area contributed by atoms with Gasteiger partial charge in [0.05, 0.1) is 35.9 Å². The van der Waals surface area contributed by atoms with Crippen LogP contribution in [0.25, 0.3) is 0 Å². The Bertz CT molecular complexity index is 1130. The van der Waals surface area contributed by atoms with Crippen molar-refractivity contribution in [3.05, 3.63) is 65.1 Å². The van der Waals surface area contributed by atoms with Crippen LogP contribution in [-0.2, 0) is 6.61 Å². The molecule has 0 radical (unpaired) electrons. The third-order valence-corrected chi connectivity index (χ3v) is 5.67. The number of nitrogens with one attached hydrogen (secondary N) is 1. The van der Waals surface area contributed by atoms with Gasteiger partial charge < -0.3 is 15.0 Å². The summed E-state index contributed by atoms with van der Waals surface area (Å²) in [6.07, 6.45) is 6.28. The van der Waals surface area contributed by atoms with Gasteiger partial charge in [0.1, 0.15) is 24.1 Å². The summed E-state index contributed by atoms with van der Waals surface area (Å²) in [5.41, 5.74) is 1.35. The zero-order valence-corrected chi connectivity index (χ0v) is 18.5. The van der Waals surface area contributed by atoms with E-state index in [-0.39, 0.29) is 18.1 Å². The number of nitriles is 1. The van der Waals surface area contributed by atoms with Crippen LogP contribution < -0.4 is 15.0 Å². The smallest absolute Gasteiger partial charge is 0.227 e. The van der Waals surface area contributed by atoms with Crippen molar-refractivity contribution in [1.82, 2.24) is 15.0 Å². The van der Waals surface area contributed by atoms with E-state index in [1.54, 1.807) is 20.0 Å². The highest BCUT2D eigenvalue weighted by Gasteiger charge is 2.19. The van der Waals surface area contributed by atoms with Gasteiger partial charge in [0, 0.05) is 19.0 Å². The fraction of sp³-hybridized carbons (Fsp3) is 0.333. The van der Waals surface area contributed by atoms with Gasteiger partial charge in [-0.15, -0.1) is 0 Å². The monoisotopic (exact) mass is 450 g/mol. The molecule has 170 valence electrons. The number of pyridine rings is 1. The van der Waals surface area contributed by atoms with E-state index in [0.29, 0.717) is 22.8 Å². The number of aryl methyl sites for hydroxylation is 2. The van der Waals surface area contributed by atoms with Gasteiger partial charge in [-0.1, -0.05) is 6.07 Å². The maximum Gasteiger partial charge on any atom is 0.227 e. The van der Waals surface area contributed by atoms with Crippen LogP contribution in [0.1, 0.15) is 29.5 Å². The molecule has 0 bridgehead atoms. The van der Waals surface area contributed by atoms with Crippen LogP contribution in [0.3, 0.4) is 0 Å². The lowest BCUT2D eigenvalue weighted by atomic mass is 9.99. The van der Waals surface area contributed by atoms with E-state index in [0.717, 1.165) is 37.4 Å². The van der Waals surface area contributed by atoms with Gasteiger partial charge in [-0.2, -0.15) is 5.26 Å². The van der Waals surface area contributed by atoms with Crippen molar-refractivity contribution in [2.75, 3.05) is 23.3 Å². The molecule has 4 rings (SSSR count). The minimum absolute atomic E-state index is 0.113. The zero-order chi connectivity index (χ0) is 23.4. The summed E-state index contributed by atoms with van der Waals surface area (Å²) >= 11 is 0. The first-order chi connectivity index (χ1) is 15.9. The van der Waals surface area contributed by atoms with E-state index in [1.807, 2.05) is 12.1 Å². The van der Waals surface area contributed by atoms with Gasteiger partial charge in [0.2, 0.25) is 5.95 Å². The van der Waals surface area contributed by atoms with Crippen LogP contribution in [0.5, 0.6) is 5.75 Å². The second kappa shape index (κ2) is 9.77. The largest absolute Gasteiger partial charge is 0.485 e. The van der Waals surface area contributed by atoms with Crippen LogP contribution in [0.4, 0.5) is 26.2 Å². The van der Waals surface area contributed by atoms with Gasteiger partial charge >= 0.3 is 0 Å². The first kappa shape index (κ1) is 22.4. The predicted octanol–water partition coefficient (Wildman–Crippen LogP) is 4.83. The fourth-order valence-corrected chi connectivity index (χ4v) is 3.78. The Morgan fingerprint density at radius 2 is 1.73 bits per heavy atom. The molecule has 0 spiro atoms. The molecule has 3 aromatic rings. The molecule has 0 saturated carbocycles. The second-order valence-corrected chi connectivity index (χ2v) is 8.07. The third kappa shape index (κ3) is 5.17. The quantitative estimate of drug-likeness (QED) is 0.576. The lowest BCUT2D eigenvalue weighted by molar-refractivity contribution is 0.289. The molecule has 1 N–H and O–H groups in total. The summed E-state index contributed by atoms with van der Waals surface area (Å²) in [7, 11) is 0. The molecule has 2 aromatic heterocycles. The van der Waals surface area contributed by atoms with Gasteiger partial charge in [0.15, 0.2) is 5.75 Å². The molecule has 0 unspecified atom stereocenters. The number of nitrogens with zero attached hydrogens (tertiary/aromatic N) is 5. The molecule has 1 fully saturated rings. The van der Waals surface area contributed by atoms with Crippen molar-refractivity contribution in [1.29, 1.82) is 5.26 Å². The summed E-state index contributed by atoms with van der Waals surface area (Å²) in [6, 6.07) is 7.60. The van der Waals surface area contributed by atoms with Gasteiger partial charge in [-0.3, -0.25) is 0 Å². The highest BCUT2D eigenvalue weighted by Crippen LogP contribution is 2.24. The van der Waals surface area contributed by atoms with Gasteiger partial charge in [-0.25, -0.2) is 23.7 Å². The Labute approximate surface area is 191 Å². The lowest BCUT2D eigenvalue weighted by Crippen LogP contribution is -2.33. The average molecular weight is 450 g/mol. The molecule has 1 saturated heterocycles. The van der Waals surface area contributed by atoms with Gasteiger partial charge in [-0.05, 0) is 49.9 Å². The number of rotatable bonds is 6. The van der Waals surface area contributed by atoms with E-state index in [4.69, 9.17) is 10.00 Å². The Morgan fingerprint density at radius 1 is 1.06 bits per heavy atom. The summed E-state index contributed by atoms with van der Waals surface area (Å²) in [6.45, 7) is 4.56. The third-order valence-electron chi connectivity index (χ3n) is 5.67. The number of piperidine rings is 1. The number of hydrogen-bond donors (Lipinski definition) is 1. The SMILES string of the molecule is Cc1cc(C)c(F)c(COc2cnc(Nc3ccc(N4CCC(C#N)CC4)nc3)nc2)c1F. The van der Waals surface area contributed by atoms with Crippen molar-refractivity contribution in [2.45, 2.75) is 33.3 Å². The topological polar surface area (TPSA) is 87.0 Å². The zero-order valence-electron chi connectivity index (χ0n) is 18.5. The molecule has 1 aromatic carbocycles. The lowest BCUT2D eigenvalue weighted by Gasteiger charge is -2.30. The molecule has 33 heavy (non-hydrogen) atoms. The van der Waals surface area contributed by atoms with Crippen molar-refractivity contribution in [2.24, 2.45) is 5.92 Å². The summed E-state index contributed by atoms with van der Waals surface area (Å²) in [5.74, 6) is 0.423. The molecule has 7 nitrogen and oxygen atoms in total. The Hall–Kier alpha value is -3.80. The minimum atomic E-state index is -0.609. The summed E-state index contributed by atoms with van der Waals surface area (Å²) in [5, 5.41) is 12.1. The summed E-state index contributed by atoms with van der Waals surface area (Å²) in [4.78, 5) is 15.0. The highest BCUT2D eigenvalue weighted by atomic mass is 19.1. The maximum absolute atomic E-state index is 14.2. The first-order valence-corrected chi connectivity index (χ1v) is 10.7. The normalized spacial score (nSPS) is 14.1. The first-order valence-electron chi connectivity index (χ1n) is 10.7. The number of aromatic nitrogens is 3. The number of halogens is 2. The van der Waals surface area contributed by atoms with Crippen LogP contribution in [0.2, 0.25) is 0 Å². The van der Waals surface area contributed by atoms with Crippen molar-refractivity contribution in [3.63, 3.8) is 0 Å². The van der Waals surface area contributed by atoms with E-state index >= 15 is 0 Å². The number of hydrogen-bond acceptors (Lipinski definition) is 7. The maximum atomic E-state index is 14.2. The van der Waals surface area contributed by atoms with E-state index < -0.39 is 11.6 Å². The number of anilines is 3. The van der Waals surface area contributed by atoms with E-state index in [2.05, 4.69) is 31.2 Å². The number of benzene rings is 1. The number of ether oxygens (including phenoxy) is 1. The van der Waals surface area contributed by atoms with E-state index in [1.165, 1.54) is 18.5 Å². The molecular formula is C24H24F2N6O. The molecule has 3 heterocycles. The Kier molecular flexibility index (Phi) is 6.63. The molecule has 9 heteroatoms. The standard InChI is InChI=1S/C24H24F2N6O/c1-15-9-16(2)23(26)20(22(15)25)14-33-19-12-29-24(30-13-19)31-18-3-4-21(28-11-18)32-7-5-17(10-27)6-8-32/h3-4,9,11-13,17H,5-8,14H2,1-2H3,(H,29,30,31). The van der Waals surface area contributed by atoms with Crippen LogP contribution >= 0.6 is 0 Å². The second-order valence-electron chi connectivity index (χ2n) is 8.07. The molecule has 0 aliphatic carbocycles. The fourth-order valence-electron chi connectivity index (χ4n) is 3.78.